The summed E-state index contributed by atoms with van der Waals surface area (Å²) in [5.41, 5.74) is 0. The number of carboxylic acids is 2. The van der Waals surface area contributed by atoms with E-state index in [-0.39, 0.29) is 35.6 Å². The Morgan fingerprint density at radius 3 is 1.80 bits per heavy atom. The van der Waals surface area contributed by atoms with Gasteiger partial charge in [-0.1, -0.05) is 0 Å². The average Bonchev–Trinajstić information content (AvgIpc) is 1.63. The smallest absolute Gasteiger partial charge is 0.478 e. The summed E-state index contributed by atoms with van der Waals surface area (Å²) in [6.07, 6.45) is -0.0255. The molecule has 2 N–H and O–H groups in total. The molecule has 0 heterocycles. The molecule has 0 aromatic heterocycles. The summed E-state index contributed by atoms with van der Waals surface area (Å²) in [5, 5.41) is 15.5. The zero-order valence-electron chi connectivity index (χ0n) is 5.17. The predicted octanol–water partition coefficient (Wildman–Crippen LogP) is -2.99. The molecule has 0 radical (unpaired) electrons. The second-order valence-electron chi connectivity index (χ2n) is 1.14. The molecule has 0 aliphatic carbocycles. The van der Waals surface area contributed by atoms with E-state index < -0.39 is 17.8 Å². The molecule has 0 rings (SSSR count). The molecule has 0 unspecified atom stereocenters. The third kappa shape index (κ3) is 5.74. The molecule has 0 aromatic rings. The van der Waals surface area contributed by atoms with Crippen LogP contribution in [0.15, 0.2) is 11.9 Å². The van der Waals surface area contributed by atoms with Crippen molar-refractivity contribution < 1.29 is 53.7 Å². The van der Waals surface area contributed by atoms with Crippen molar-refractivity contribution in [3.05, 3.63) is 11.9 Å². The molecule has 0 aromatic carbocycles. The molecule has 0 amide bonds. The zero-order chi connectivity index (χ0) is 7.44. The molecular formula is C4H3FNaO4+. The van der Waals surface area contributed by atoms with Crippen molar-refractivity contribution in [3.8, 4) is 0 Å². The fraction of sp³-hybridized carbons (Fsp3) is 0. The Labute approximate surface area is 77.6 Å². The van der Waals surface area contributed by atoms with E-state index in [0.717, 1.165) is 0 Å². The second-order valence-corrected chi connectivity index (χ2v) is 1.14. The number of rotatable bonds is 2. The van der Waals surface area contributed by atoms with Crippen LogP contribution in [0.1, 0.15) is 0 Å². The van der Waals surface area contributed by atoms with Crippen molar-refractivity contribution in [2.75, 3.05) is 0 Å². The van der Waals surface area contributed by atoms with Gasteiger partial charge in [-0.3, -0.25) is 0 Å². The van der Waals surface area contributed by atoms with Crippen LogP contribution in [0.3, 0.4) is 0 Å². The SMILES string of the molecule is O=C(O)/C=C(\F)C(=O)O.[Na+]. The average molecular weight is 157 g/mol. The summed E-state index contributed by atoms with van der Waals surface area (Å²) >= 11 is 0. The van der Waals surface area contributed by atoms with Gasteiger partial charge in [0.1, 0.15) is 0 Å². The van der Waals surface area contributed by atoms with Crippen LogP contribution >= 0.6 is 0 Å². The number of aliphatic carboxylic acids is 2. The van der Waals surface area contributed by atoms with Crippen LogP contribution in [-0.2, 0) is 9.59 Å². The molecule has 6 heteroatoms. The molecular weight excluding hydrogens is 154 g/mol. The first-order valence-corrected chi connectivity index (χ1v) is 1.87. The molecule has 0 saturated carbocycles. The van der Waals surface area contributed by atoms with Crippen molar-refractivity contribution in [2.24, 2.45) is 0 Å². The van der Waals surface area contributed by atoms with Crippen LogP contribution in [0.4, 0.5) is 4.39 Å². The topological polar surface area (TPSA) is 74.6 Å². The standard InChI is InChI=1S/C4H3FO4.Na/c5-2(4(8)9)1-3(6)7;/h1H,(H,6,7)(H,8,9);/q;+1/b2-1-;. The summed E-state index contributed by atoms with van der Waals surface area (Å²) in [6, 6.07) is 0. The van der Waals surface area contributed by atoms with Gasteiger partial charge in [0.2, 0.25) is 5.83 Å². The normalized spacial score (nSPS) is 9.90. The summed E-state index contributed by atoms with van der Waals surface area (Å²) in [7, 11) is 0. The Morgan fingerprint density at radius 1 is 1.30 bits per heavy atom. The number of hydrogen-bond acceptors (Lipinski definition) is 2. The van der Waals surface area contributed by atoms with Gasteiger partial charge in [-0.25, -0.2) is 9.59 Å². The maximum Gasteiger partial charge on any atom is 1.00 e. The van der Waals surface area contributed by atoms with Crippen molar-refractivity contribution in [1.82, 2.24) is 0 Å². The van der Waals surface area contributed by atoms with Crippen LogP contribution < -0.4 is 29.6 Å². The molecule has 0 spiro atoms. The first-order valence-electron chi connectivity index (χ1n) is 1.87. The van der Waals surface area contributed by atoms with E-state index in [4.69, 9.17) is 10.2 Å². The Morgan fingerprint density at radius 2 is 1.70 bits per heavy atom. The Hall–Kier alpha value is -0.390. The Balaban J connectivity index is 0. The van der Waals surface area contributed by atoms with E-state index in [9.17, 15) is 14.0 Å². The molecule has 50 valence electrons. The first-order chi connectivity index (χ1) is 4.04. The molecule has 0 saturated heterocycles. The monoisotopic (exact) mass is 157 g/mol. The maximum atomic E-state index is 11.7. The third-order valence-corrected chi connectivity index (χ3v) is 0.455. The molecule has 4 nitrogen and oxygen atoms in total. The third-order valence-electron chi connectivity index (χ3n) is 0.455. The summed E-state index contributed by atoms with van der Waals surface area (Å²) in [4.78, 5) is 19.1. The van der Waals surface area contributed by atoms with E-state index >= 15 is 0 Å². The molecule has 0 bridgehead atoms. The maximum absolute atomic E-state index is 11.7. The molecule has 0 fully saturated rings. The summed E-state index contributed by atoms with van der Waals surface area (Å²) in [6.45, 7) is 0. The van der Waals surface area contributed by atoms with Crippen LogP contribution in [0, 0.1) is 0 Å². The van der Waals surface area contributed by atoms with E-state index in [0.29, 0.717) is 0 Å². The van der Waals surface area contributed by atoms with E-state index in [1.165, 1.54) is 0 Å². The van der Waals surface area contributed by atoms with Gasteiger partial charge in [-0.2, -0.15) is 4.39 Å². The van der Waals surface area contributed by atoms with Crippen LogP contribution in [0.25, 0.3) is 0 Å². The van der Waals surface area contributed by atoms with Crippen LogP contribution in [0.5, 0.6) is 0 Å². The van der Waals surface area contributed by atoms with E-state index in [1.807, 2.05) is 0 Å². The number of carbonyl (C=O) groups is 2. The minimum Gasteiger partial charge on any atom is -0.478 e. The number of halogens is 1. The Bertz CT molecular complexity index is 176. The zero-order valence-corrected chi connectivity index (χ0v) is 7.17. The molecule has 0 atom stereocenters. The van der Waals surface area contributed by atoms with Gasteiger partial charge in [-0.15, -0.1) is 0 Å². The Kier molecular flexibility index (Phi) is 6.64. The molecule has 0 aliphatic rings. The number of carboxylic acid groups (broad SMARTS) is 2. The van der Waals surface area contributed by atoms with E-state index in [1.54, 1.807) is 0 Å². The van der Waals surface area contributed by atoms with Crippen molar-refractivity contribution in [2.45, 2.75) is 0 Å². The molecule has 0 aliphatic heterocycles. The predicted molar refractivity (Wildman–Crippen MR) is 24.5 cm³/mol. The van der Waals surface area contributed by atoms with Crippen molar-refractivity contribution in [3.63, 3.8) is 0 Å². The second kappa shape index (κ2) is 5.40. The fourth-order valence-corrected chi connectivity index (χ4v) is 0.170. The summed E-state index contributed by atoms with van der Waals surface area (Å²) in [5.74, 6) is -5.17. The van der Waals surface area contributed by atoms with Crippen molar-refractivity contribution in [1.29, 1.82) is 0 Å². The minimum atomic E-state index is -1.88. The van der Waals surface area contributed by atoms with Gasteiger partial charge >= 0.3 is 41.5 Å². The van der Waals surface area contributed by atoms with Gasteiger partial charge in [0.15, 0.2) is 0 Å². The van der Waals surface area contributed by atoms with Gasteiger partial charge < -0.3 is 10.2 Å². The van der Waals surface area contributed by atoms with Gasteiger partial charge in [0.05, 0.1) is 6.08 Å². The molecule has 10 heavy (non-hydrogen) atoms. The fourth-order valence-electron chi connectivity index (χ4n) is 0.170. The first kappa shape index (κ1) is 12.3. The van der Waals surface area contributed by atoms with Crippen LogP contribution in [0.2, 0.25) is 0 Å². The van der Waals surface area contributed by atoms with Crippen molar-refractivity contribution >= 4 is 11.9 Å². The quantitative estimate of drug-likeness (QED) is 0.331. The van der Waals surface area contributed by atoms with Crippen LogP contribution in [-0.4, -0.2) is 22.2 Å². The van der Waals surface area contributed by atoms with Gasteiger partial charge in [0, 0.05) is 0 Å². The summed E-state index contributed by atoms with van der Waals surface area (Å²) < 4.78 is 11.7. The minimum absolute atomic E-state index is 0. The largest absolute Gasteiger partial charge is 1.00 e. The van der Waals surface area contributed by atoms with Gasteiger partial charge in [-0.05, 0) is 0 Å². The van der Waals surface area contributed by atoms with Gasteiger partial charge in [0.25, 0.3) is 0 Å². The van der Waals surface area contributed by atoms with E-state index in [2.05, 4.69) is 0 Å². The number of hydrogen-bond donors (Lipinski definition) is 2.